The number of benzene rings is 1. The van der Waals surface area contributed by atoms with Crippen molar-refractivity contribution in [2.75, 3.05) is 19.0 Å². The Kier molecular flexibility index (Phi) is 2.71. The van der Waals surface area contributed by atoms with Crippen LogP contribution in [0.25, 0.3) is 0 Å². The molecule has 0 aliphatic heterocycles. The van der Waals surface area contributed by atoms with E-state index in [9.17, 15) is 0 Å². The molecule has 0 saturated carbocycles. The Hall–Kier alpha value is -1.49. The van der Waals surface area contributed by atoms with Crippen LogP contribution < -0.4 is 4.90 Å². The Morgan fingerprint density at radius 2 is 2.00 bits per heavy atom. The van der Waals surface area contributed by atoms with Gasteiger partial charge in [0.2, 0.25) is 0 Å². The van der Waals surface area contributed by atoms with Crippen molar-refractivity contribution in [1.29, 1.82) is 5.26 Å². The molecule has 62 valence electrons. The average Bonchev–Trinajstić information content (AvgIpc) is 2.05. The Morgan fingerprint density at radius 1 is 1.33 bits per heavy atom. The van der Waals surface area contributed by atoms with Gasteiger partial charge in [-0.05, 0) is 11.6 Å². The van der Waals surface area contributed by atoms with Gasteiger partial charge in [-0.25, -0.2) is 0 Å². The minimum Gasteiger partial charge on any atom is -0.377 e. The number of nitriles is 1. The molecule has 2 nitrogen and oxygen atoms in total. The monoisotopic (exact) mass is 160 g/mol. The normalized spacial score (nSPS) is 9.08. The molecule has 1 aromatic carbocycles. The van der Waals surface area contributed by atoms with E-state index in [0.29, 0.717) is 6.42 Å². The third kappa shape index (κ3) is 1.76. The molecule has 0 spiro atoms. The van der Waals surface area contributed by atoms with E-state index in [1.807, 2.05) is 43.3 Å². The molecule has 0 atom stereocenters. The maximum atomic E-state index is 8.56. The zero-order valence-electron chi connectivity index (χ0n) is 7.41. The number of nitrogens with zero attached hydrogens (tertiary/aromatic N) is 2. The summed E-state index contributed by atoms with van der Waals surface area (Å²) in [5.41, 5.74) is 2.21. The number of anilines is 1. The van der Waals surface area contributed by atoms with Gasteiger partial charge in [0.15, 0.2) is 0 Å². The van der Waals surface area contributed by atoms with E-state index in [4.69, 9.17) is 5.26 Å². The smallest absolute Gasteiger partial charge is 0.0670 e. The van der Waals surface area contributed by atoms with Crippen molar-refractivity contribution in [3.05, 3.63) is 29.8 Å². The van der Waals surface area contributed by atoms with Crippen LogP contribution in [0.4, 0.5) is 5.69 Å². The first-order chi connectivity index (χ1) is 5.75. The van der Waals surface area contributed by atoms with Crippen molar-refractivity contribution in [2.24, 2.45) is 0 Å². The lowest BCUT2D eigenvalue weighted by atomic mass is 10.1. The highest BCUT2D eigenvalue weighted by Crippen LogP contribution is 2.17. The summed E-state index contributed by atoms with van der Waals surface area (Å²) in [5.74, 6) is 0. The molecule has 0 saturated heterocycles. The predicted octanol–water partition coefficient (Wildman–Crippen LogP) is 1.82. The molecule has 12 heavy (non-hydrogen) atoms. The molecule has 1 rings (SSSR count). The number of rotatable bonds is 2. The standard InChI is InChI=1S/C10H12N2/c1-12(2)10-6-4-3-5-9(10)7-8-11/h3-6H,7H2,1-2H3. The molecule has 0 amide bonds. The molecule has 0 heterocycles. The summed E-state index contributed by atoms with van der Waals surface area (Å²) in [7, 11) is 3.96. The quantitative estimate of drug-likeness (QED) is 0.659. The first-order valence-corrected chi connectivity index (χ1v) is 3.88. The van der Waals surface area contributed by atoms with Gasteiger partial charge in [0, 0.05) is 19.8 Å². The summed E-state index contributed by atoms with van der Waals surface area (Å²) in [6.45, 7) is 0. The lowest BCUT2D eigenvalue weighted by molar-refractivity contribution is 1.10. The van der Waals surface area contributed by atoms with Crippen LogP contribution in [0, 0.1) is 11.3 Å². The predicted molar refractivity (Wildman–Crippen MR) is 50.1 cm³/mol. The summed E-state index contributed by atoms with van der Waals surface area (Å²) >= 11 is 0. The molecule has 0 N–H and O–H groups in total. The van der Waals surface area contributed by atoms with Crippen molar-refractivity contribution in [3.8, 4) is 6.07 Å². The van der Waals surface area contributed by atoms with Gasteiger partial charge in [0.1, 0.15) is 0 Å². The van der Waals surface area contributed by atoms with Gasteiger partial charge < -0.3 is 4.90 Å². The van der Waals surface area contributed by atoms with Gasteiger partial charge in [-0.2, -0.15) is 5.26 Å². The van der Waals surface area contributed by atoms with Gasteiger partial charge in [-0.15, -0.1) is 0 Å². The summed E-state index contributed by atoms with van der Waals surface area (Å²) in [4.78, 5) is 2.02. The van der Waals surface area contributed by atoms with E-state index in [0.717, 1.165) is 11.3 Å². The minimum atomic E-state index is 0.481. The second-order valence-corrected chi connectivity index (χ2v) is 2.86. The lowest BCUT2D eigenvalue weighted by Gasteiger charge is -2.15. The van der Waals surface area contributed by atoms with Crippen molar-refractivity contribution >= 4 is 5.69 Å². The summed E-state index contributed by atoms with van der Waals surface area (Å²) < 4.78 is 0. The van der Waals surface area contributed by atoms with Crippen LogP contribution in [-0.2, 0) is 6.42 Å². The van der Waals surface area contributed by atoms with Crippen LogP contribution in [0.3, 0.4) is 0 Å². The van der Waals surface area contributed by atoms with Gasteiger partial charge in [0.05, 0.1) is 12.5 Å². The van der Waals surface area contributed by atoms with Crippen LogP contribution >= 0.6 is 0 Å². The molecular weight excluding hydrogens is 148 g/mol. The third-order valence-corrected chi connectivity index (χ3v) is 1.74. The van der Waals surface area contributed by atoms with Crippen LogP contribution in [0.2, 0.25) is 0 Å². The molecule has 2 heteroatoms. The summed E-state index contributed by atoms with van der Waals surface area (Å²) in [6.07, 6.45) is 0.481. The van der Waals surface area contributed by atoms with E-state index in [1.165, 1.54) is 0 Å². The number of hydrogen-bond acceptors (Lipinski definition) is 2. The van der Waals surface area contributed by atoms with Crippen LogP contribution in [0.5, 0.6) is 0 Å². The SMILES string of the molecule is CN(C)c1ccccc1CC#N. The fourth-order valence-electron chi connectivity index (χ4n) is 1.18. The fourth-order valence-corrected chi connectivity index (χ4v) is 1.18. The molecule has 0 radical (unpaired) electrons. The second-order valence-electron chi connectivity index (χ2n) is 2.86. The van der Waals surface area contributed by atoms with E-state index >= 15 is 0 Å². The molecule has 0 aliphatic rings. The van der Waals surface area contributed by atoms with Crippen molar-refractivity contribution in [3.63, 3.8) is 0 Å². The molecular formula is C10H12N2. The largest absolute Gasteiger partial charge is 0.377 e. The Bertz CT molecular complexity index is 297. The molecule has 0 bridgehead atoms. The maximum Gasteiger partial charge on any atom is 0.0670 e. The highest BCUT2D eigenvalue weighted by atomic mass is 15.1. The maximum absolute atomic E-state index is 8.56. The molecule has 1 aromatic rings. The van der Waals surface area contributed by atoms with Crippen molar-refractivity contribution in [2.45, 2.75) is 6.42 Å². The van der Waals surface area contributed by atoms with Gasteiger partial charge in [-0.3, -0.25) is 0 Å². The lowest BCUT2D eigenvalue weighted by Crippen LogP contribution is -2.10. The van der Waals surface area contributed by atoms with E-state index in [2.05, 4.69) is 6.07 Å². The topological polar surface area (TPSA) is 27.0 Å². The molecule has 0 fully saturated rings. The third-order valence-electron chi connectivity index (χ3n) is 1.74. The Morgan fingerprint density at radius 3 is 2.58 bits per heavy atom. The second kappa shape index (κ2) is 3.77. The van der Waals surface area contributed by atoms with Gasteiger partial charge in [0.25, 0.3) is 0 Å². The first kappa shape index (κ1) is 8.61. The average molecular weight is 160 g/mol. The summed E-state index contributed by atoms with van der Waals surface area (Å²) in [5, 5.41) is 8.56. The highest BCUT2D eigenvalue weighted by Gasteiger charge is 2.01. The first-order valence-electron chi connectivity index (χ1n) is 3.88. The fraction of sp³-hybridized carbons (Fsp3) is 0.300. The van der Waals surface area contributed by atoms with Gasteiger partial charge >= 0.3 is 0 Å². The molecule has 0 aromatic heterocycles. The van der Waals surface area contributed by atoms with E-state index in [-0.39, 0.29) is 0 Å². The highest BCUT2D eigenvalue weighted by molar-refractivity contribution is 5.53. The van der Waals surface area contributed by atoms with Crippen LogP contribution in [0.15, 0.2) is 24.3 Å². The Labute approximate surface area is 73.0 Å². The van der Waals surface area contributed by atoms with Gasteiger partial charge in [-0.1, -0.05) is 18.2 Å². The zero-order valence-corrected chi connectivity index (χ0v) is 7.41. The number of para-hydroxylation sites is 1. The summed E-state index contributed by atoms with van der Waals surface area (Å²) in [6, 6.07) is 10.1. The zero-order chi connectivity index (χ0) is 8.97. The minimum absolute atomic E-state index is 0.481. The number of hydrogen-bond donors (Lipinski definition) is 0. The van der Waals surface area contributed by atoms with Crippen LogP contribution in [0.1, 0.15) is 5.56 Å². The van der Waals surface area contributed by atoms with Crippen molar-refractivity contribution in [1.82, 2.24) is 0 Å². The van der Waals surface area contributed by atoms with E-state index < -0.39 is 0 Å². The Balaban J connectivity index is 3.02. The van der Waals surface area contributed by atoms with Crippen LogP contribution in [-0.4, -0.2) is 14.1 Å². The van der Waals surface area contributed by atoms with Crippen molar-refractivity contribution < 1.29 is 0 Å². The van der Waals surface area contributed by atoms with E-state index in [1.54, 1.807) is 0 Å². The molecule has 0 aliphatic carbocycles. The molecule has 0 unspecified atom stereocenters.